The van der Waals surface area contributed by atoms with E-state index in [0.29, 0.717) is 21.6 Å². The molecule has 0 unspecified atom stereocenters. The molecule has 0 radical (unpaired) electrons. The van der Waals surface area contributed by atoms with Gasteiger partial charge in [-0.1, -0.05) is 53.0 Å². The average Bonchev–Trinajstić information content (AvgIpc) is 2.39. The van der Waals surface area contributed by atoms with E-state index >= 15 is 0 Å². The Balaban J connectivity index is 2.18. The van der Waals surface area contributed by atoms with Crippen molar-refractivity contribution in [2.75, 3.05) is 12.4 Å². The second-order valence-electron chi connectivity index (χ2n) is 3.74. The molecule has 0 amide bonds. The molecule has 100 valence electrons. The second-order valence-corrected chi connectivity index (χ2v) is 5.92. The van der Waals surface area contributed by atoms with Gasteiger partial charge in [-0.3, -0.25) is 0 Å². The van der Waals surface area contributed by atoms with Gasteiger partial charge < -0.3 is 5.32 Å². The van der Waals surface area contributed by atoms with Gasteiger partial charge in [0.2, 0.25) is 0 Å². The van der Waals surface area contributed by atoms with E-state index in [-0.39, 0.29) is 0 Å². The molecular formula is C13H11Cl3N2S. The number of nitrogens with zero attached hydrogens (tertiary/aromatic N) is 1. The van der Waals surface area contributed by atoms with Crippen LogP contribution in [0.2, 0.25) is 15.1 Å². The summed E-state index contributed by atoms with van der Waals surface area (Å²) in [6.07, 6.45) is 0. The van der Waals surface area contributed by atoms with Gasteiger partial charge in [-0.05, 0) is 17.7 Å². The summed E-state index contributed by atoms with van der Waals surface area (Å²) in [5.41, 5.74) is 1.05. The summed E-state index contributed by atoms with van der Waals surface area (Å²) >= 11 is 19.8. The van der Waals surface area contributed by atoms with Crippen LogP contribution in [-0.2, 0) is 5.75 Å². The van der Waals surface area contributed by atoms with Crippen LogP contribution in [0.25, 0.3) is 0 Å². The fourth-order valence-electron chi connectivity index (χ4n) is 1.49. The number of nitrogens with one attached hydrogen (secondary N) is 1. The molecule has 0 aliphatic rings. The zero-order chi connectivity index (χ0) is 13.8. The van der Waals surface area contributed by atoms with Crippen LogP contribution in [0.5, 0.6) is 0 Å². The molecule has 0 atom stereocenters. The largest absolute Gasteiger partial charge is 0.372 e. The standard InChI is InChI=1S/C13H11Cl3N2S/c1-17-12-10(15)6-11(16)13(18-12)19-7-8-4-2-3-5-9(8)14/h2-6H,7H2,1H3,(H,17,18). The average molecular weight is 334 g/mol. The van der Waals surface area contributed by atoms with Crippen LogP contribution < -0.4 is 5.32 Å². The van der Waals surface area contributed by atoms with Crippen LogP contribution in [0.4, 0.5) is 5.82 Å². The first-order chi connectivity index (χ1) is 9.11. The molecule has 6 heteroatoms. The van der Waals surface area contributed by atoms with Crippen molar-refractivity contribution in [2.45, 2.75) is 10.8 Å². The predicted octanol–water partition coefficient (Wildman–Crippen LogP) is 5.38. The van der Waals surface area contributed by atoms with Gasteiger partial charge in [0, 0.05) is 17.8 Å². The van der Waals surface area contributed by atoms with Crippen LogP contribution in [0, 0.1) is 0 Å². The number of halogens is 3. The Bertz CT molecular complexity index is 590. The molecule has 19 heavy (non-hydrogen) atoms. The monoisotopic (exact) mass is 332 g/mol. The lowest BCUT2D eigenvalue weighted by atomic mass is 10.2. The van der Waals surface area contributed by atoms with Crippen LogP contribution in [-0.4, -0.2) is 12.0 Å². The minimum absolute atomic E-state index is 0.509. The first-order valence-corrected chi connectivity index (χ1v) is 7.63. The number of pyridine rings is 1. The first kappa shape index (κ1) is 14.8. The number of thioether (sulfide) groups is 1. The van der Waals surface area contributed by atoms with Gasteiger partial charge in [0.1, 0.15) is 10.8 Å². The molecule has 1 heterocycles. The van der Waals surface area contributed by atoms with E-state index in [4.69, 9.17) is 34.8 Å². The molecule has 0 spiro atoms. The highest BCUT2D eigenvalue weighted by atomic mass is 35.5. The Morgan fingerprint density at radius 2 is 1.84 bits per heavy atom. The molecule has 1 aromatic heterocycles. The summed E-state index contributed by atoms with van der Waals surface area (Å²) in [6, 6.07) is 9.41. The fourth-order valence-corrected chi connectivity index (χ4v) is 3.28. The normalized spacial score (nSPS) is 10.5. The van der Waals surface area contributed by atoms with E-state index < -0.39 is 0 Å². The van der Waals surface area contributed by atoms with E-state index in [9.17, 15) is 0 Å². The van der Waals surface area contributed by atoms with Crippen LogP contribution in [0.1, 0.15) is 5.56 Å². The van der Waals surface area contributed by atoms with Crippen molar-refractivity contribution in [1.29, 1.82) is 0 Å². The molecule has 0 aliphatic heterocycles. The Morgan fingerprint density at radius 1 is 1.11 bits per heavy atom. The van der Waals surface area contributed by atoms with Crippen molar-refractivity contribution in [3.63, 3.8) is 0 Å². The van der Waals surface area contributed by atoms with Gasteiger partial charge in [0.05, 0.1) is 10.0 Å². The number of benzene rings is 1. The van der Waals surface area contributed by atoms with E-state index in [1.54, 1.807) is 13.1 Å². The number of hydrogen-bond donors (Lipinski definition) is 1. The third-order valence-corrected chi connectivity index (χ3v) is 4.55. The molecule has 2 rings (SSSR count). The lowest BCUT2D eigenvalue weighted by molar-refractivity contribution is 1.12. The van der Waals surface area contributed by atoms with Crippen molar-refractivity contribution in [2.24, 2.45) is 0 Å². The van der Waals surface area contributed by atoms with Crippen molar-refractivity contribution in [1.82, 2.24) is 4.98 Å². The van der Waals surface area contributed by atoms with Crippen LogP contribution >= 0.6 is 46.6 Å². The molecule has 0 fully saturated rings. The van der Waals surface area contributed by atoms with Gasteiger partial charge in [0.15, 0.2) is 0 Å². The van der Waals surface area contributed by atoms with Crippen molar-refractivity contribution >= 4 is 52.4 Å². The number of rotatable bonds is 4. The predicted molar refractivity (Wildman–Crippen MR) is 84.8 cm³/mol. The summed E-state index contributed by atoms with van der Waals surface area (Å²) in [5.74, 6) is 1.32. The summed E-state index contributed by atoms with van der Waals surface area (Å²) in [6.45, 7) is 0. The maximum Gasteiger partial charge on any atom is 0.145 e. The summed E-state index contributed by atoms with van der Waals surface area (Å²) in [5, 5.41) is 5.46. The minimum Gasteiger partial charge on any atom is -0.372 e. The SMILES string of the molecule is CNc1nc(SCc2ccccc2Cl)c(Cl)cc1Cl. The Labute approximate surface area is 131 Å². The Morgan fingerprint density at radius 3 is 2.53 bits per heavy atom. The van der Waals surface area contributed by atoms with Crippen molar-refractivity contribution in [3.8, 4) is 0 Å². The number of anilines is 1. The van der Waals surface area contributed by atoms with Gasteiger partial charge in [0.25, 0.3) is 0 Å². The highest BCUT2D eigenvalue weighted by Gasteiger charge is 2.10. The number of hydrogen-bond acceptors (Lipinski definition) is 3. The highest BCUT2D eigenvalue weighted by Crippen LogP contribution is 2.34. The summed E-state index contributed by atoms with van der Waals surface area (Å²) < 4.78 is 0. The van der Waals surface area contributed by atoms with Gasteiger partial charge in [-0.15, -0.1) is 11.8 Å². The molecule has 2 nitrogen and oxygen atoms in total. The van der Waals surface area contributed by atoms with Gasteiger partial charge in [-0.25, -0.2) is 4.98 Å². The van der Waals surface area contributed by atoms with Gasteiger partial charge in [-0.2, -0.15) is 0 Å². The van der Waals surface area contributed by atoms with Crippen LogP contribution in [0.3, 0.4) is 0 Å². The van der Waals surface area contributed by atoms with Gasteiger partial charge >= 0.3 is 0 Å². The van der Waals surface area contributed by atoms with Crippen molar-refractivity contribution < 1.29 is 0 Å². The maximum atomic E-state index is 6.14. The molecule has 0 aliphatic carbocycles. The molecule has 0 bridgehead atoms. The van der Waals surface area contributed by atoms with E-state index in [2.05, 4.69) is 10.3 Å². The lowest BCUT2D eigenvalue weighted by Gasteiger charge is -2.08. The van der Waals surface area contributed by atoms with E-state index in [1.807, 2.05) is 24.3 Å². The lowest BCUT2D eigenvalue weighted by Crippen LogP contribution is -1.95. The molecule has 1 N–H and O–H groups in total. The topological polar surface area (TPSA) is 24.9 Å². The smallest absolute Gasteiger partial charge is 0.145 e. The quantitative estimate of drug-likeness (QED) is 0.761. The maximum absolute atomic E-state index is 6.14. The van der Waals surface area contributed by atoms with Crippen LogP contribution in [0.15, 0.2) is 35.4 Å². The number of aromatic nitrogens is 1. The Hall–Kier alpha value is -0.610. The van der Waals surface area contributed by atoms with E-state index in [0.717, 1.165) is 15.6 Å². The zero-order valence-electron chi connectivity index (χ0n) is 10.1. The highest BCUT2D eigenvalue weighted by molar-refractivity contribution is 7.98. The molecule has 0 saturated heterocycles. The summed E-state index contributed by atoms with van der Waals surface area (Å²) in [4.78, 5) is 4.38. The second kappa shape index (κ2) is 6.71. The molecule has 2 aromatic rings. The van der Waals surface area contributed by atoms with E-state index in [1.165, 1.54) is 11.8 Å². The molecule has 1 aromatic carbocycles. The third-order valence-electron chi connectivity index (χ3n) is 2.46. The Kier molecular flexibility index (Phi) is 5.22. The fraction of sp³-hybridized carbons (Fsp3) is 0.154. The zero-order valence-corrected chi connectivity index (χ0v) is 13.2. The van der Waals surface area contributed by atoms with Crippen molar-refractivity contribution in [3.05, 3.63) is 51.0 Å². The summed E-state index contributed by atoms with van der Waals surface area (Å²) in [7, 11) is 1.77. The first-order valence-electron chi connectivity index (χ1n) is 5.52. The third kappa shape index (κ3) is 3.69. The molecule has 0 saturated carbocycles. The molecular weight excluding hydrogens is 323 g/mol. The minimum atomic E-state index is 0.509.